The first-order chi connectivity index (χ1) is 21.4. The fourth-order valence-corrected chi connectivity index (χ4v) is 3.62. The topological polar surface area (TPSA) is 128 Å². The van der Waals surface area contributed by atoms with E-state index in [4.69, 9.17) is 20.3 Å². The summed E-state index contributed by atoms with van der Waals surface area (Å²) in [5.41, 5.74) is 13.4. The van der Waals surface area contributed by atoms with Gasteiger partial charge in [0.15, 0.2) is 11.5 Å². The van der Waals surface area contributed by atoms with Crippen molar-refractivity contribution in [2.75, 3.05) is 18.2 Å². The van der Waals surface area contributed by atoms with Gasteiger partial charge in [0.2, 0.25) is 5.91 Å². The lowest BCUT2D eigenvalue weighted by Gasteiger charge is -2.08. The molecule has 0 aliphatic rings. The quantitative estimate of drug-likeness (QED) is 0.0855. The van der Waals surface area contributed by atoms with Crippen LogP contribution in [0.1, 0.15) is 40.3 Å². The van der Waals surface area contributed by atoms with Gasteiger partial charge in [0.1, 0.15) is 0 Å². The third-order valence-electron chi connectivity index (χ3n) is 6.21. The number of anilines is 2. The number of amides is 1. The number of carbonyl (C=O) groups excluding carboxylic acids is 2. The molecule has 0 heterocycles. The monoisotopic (exact) mass is 608 g/mol. The van der Waals surface area contributed by atoms with Crippen molar-refractivity contribution in [2.45, 2.75) is 34.6 Å². The van der Waals surface area contributed by atoms with Crippen molar-refractivity contribution in [3.63, 3.8) is 0 Å². The van der Waals surface area contributed by atoms with Gasteiger partial charge < -0.3 is 25.6 Å². The maximum atomic E-state index is 11.9. The van der Waals surface area contributed by atoms with Crippen molar-refractivity contribution >= 4 is 41.4 Å². The normalized spacial score (nSPS) is 10.3. The van der Waals surface area contributed by atoms with Gasteiger partial charge in [-0.3, -0.25) is 9.59 Å². The number of nitrogens with one attached hydrogen (secondary N) is 1. The van der Waals surface area contributed by atoms with E-state index >= 15 is 0 Å². The molecule has 234 valence electrons. The lowest BCUT2D eigenvalue weighted by molar-refractivity contribution is -0.132. The van der Waals surface area contributed by atoms with Crippen LogP contribution < -0.4 is 20.5 Å². The molecular weight excluding hydrogens is 568 g/mol. The standard InChI is InChI=1S/C19H19NO4.C11H12O2.C7H9N/c1-13-4-8-16(9-5-13)20-19(22)11-7-15-6-10-17(24-14(2)21)18(12-15)23-3;1-8-3-4-10(7-9(8)2)5-6-11(12)13;1-6-2-4-7(8)5-3-6/h4-12H,1-3H3,(H,20,22);3-7H,1-2H3,(H,12,13);2-5H,8H2,1H3/b11-7+;6-5+;. The molecule has 0 aromatic heterocycles. The molecule has 4 aromatic carbocycles. The van der Waals surface area contributed by atoms with Crippen molar-refractivity contribution in [1.29, 1.82) is 0 Å². The molecule has 8 nitrogen and oxygen atoms in total. The molecular formula is C37H40N2O6. The molecule has 0 aliphatic heterocycles. The number of benzene rings is 4. The Kier molecular flexibility index (Phi) is 14.3. The Bertz CT molecular complexity index is 1620. The Labute approximate surface area is 264 Å². The zero-order valence-corrected chi connectivity index (χ0v) is 26.5. The van der Waals surface area contributed by atoms with E-state index in [-0.39, 0.29) is 5.91 Å². The second kappa shape index (κ2) is 18.1. The van der Waals surface area contributed by atoms with Crippen molar-refractivity contribution in [2.24, 2.45) is 0 Å². The van der Waals surface area contributed by atoms with E-state index in [1.165, 1.54) is 36.8 Å². The summed E-state index contributed by atoms with van der Waals surface area (Å²) in [5, 5.41) is 11.2. The third-order valence-corrected chi connectivity index (χ3v) is 6.21. The van der Waals surface area contributed by atoms with Crippen LogP contribution in [-0.2, 0) is 14.4 Å². The van der Waals surface area contributed by atoms with Crippen LogP contribution in [0.2, 0.25) is 0 Å². The number of aliphatic carboxylic acids is 1. The van der Waals surface area contributed by atoms with E-state index in [0.717, 1.165) is 34.1 Å². The molecule has 4 rings (SSSR count). The van der Waals surface area contributed by atoms with Crippen molar-refractivity contribution in [1.82, 2.24) is 0 Å². The molecule has 8 heteroatoms. The number of rotatable bonds is 7. The average molecular weight is 609 g/mol. The van der Waals surface area contributed by atoms with Gasteiger partial charge in [0.25, 0.3) is 0 Å². The molecule has 0 spiro atoms. The van der Waals surface area contributed by atoms with E-state index in [2.05, 4.69) is 5.32 Å². The minimum Gasteiger partial charge on any atom is -0.493 e. The van der Waals surface area contributed by atoms with Crippen LogP contribution in [0.5, 0.6) is 11.5 Å². The Balaban J connectivity index is 0.000000278. The van der Waals surface area contributed by atoms with Crippen LogP contribution in [0, 0.1) is 27.7 Å². The fraction of sp³-hybridized carbons (Fsp3) is 0.162. The number of nitrogens with two attached hydrogens (primary N) is 1. The molecule has 0 bridgehead atoms. The van der Waals surface area contributed by atoms with Crippen LogP contribution in [-0.4, -0.2) is 30.1 Å². The molecule has 1 amide bonds. The highest BCUT2D eigenvalue weighted by molar-refractivity contribution is 6.02. The van der Waals surface area contributed by atoms with Crippen molar-refractivity contribution < 1.29 is 29.0 Å². The van der Waals surface area contributed by atoms with Crippen LogP contribution in [0.4, 0.5) is 11.4 Å². The molecule has 0 saturated heterocycles. The fourth-order valence-electron chi connectivity index (χ4n) is 3.62. The maximum absolute atomic E-state index is 11.9. The van der Waals surface area contributed by atoms with Gasteiger partial charge in [-0.25, -0.2) is 4.79 Å². The second-order valence-corrected chi connectivity index (χ2v) is 10.1. The molecule has 4 N–H and O–H groups in total. The lowest BCUT2D eigenvalue weighted by atomic mass is 10.1. The summed E-state index contributed by atoms with van der Waals surface area (Å²) in [6, 6.07) is 26.2. The highest BCUT2D eigenvalue weighted by Gasteiger charge is 2.07. The number of nitrogen functional groups attached to an aromatic ring is 1. The maximum Gasteiger partial charge on any atom is 0.328 e. The SMILES string of the molecule is COc1cc(/C=C/C(=O)Nc2ccc(C)cc2)ccc1OC(C)=O.Cc1ccc(/C=C/C(=O)O)cc1C.Cc1ccc(N)cc1. The first kappa shape index (κ1) is 35.6. The van der Waals surface area contributed by atoms with Crippen molar-refractivity contribution in [3.8, 4) is 11.5 Å². The summed E-state index contributed by atoms with van der Waals surface area (Å²) >= 11 is 0. The molecule has 0 unspecified atom stereocenters. The molecule has 0 fully saturated rings. The zero-order chi connectivity index (χ0) is 33.4. The van der Waals surface area contributed by atoms with Gasteiger partial charge >= 0.3 is 11.9 Å². The third kappa shape index (κ3) is 13.9. The van der Waals surface area contributed by atoms with E-state index in [9.17, 15) is 14.4 Å². The number of esters is 1. The molecule has 0 aliphatic carbocycles. The predicted molar refractivity (Wildman–Crippen MR) is 181 cm³/mol. The summed E-state index contributed by atoms with van der Waals surface area (Å²) < 4.78 is 10.2. The number of carbonyl (C=O) groups is 3. The summed E-state index contributed by atoms with van der Waals surface area (Å²) in [6.07, 6.45) is 5.82. The number of aryl methyl sites for hydroxylation is 4. The van der Waals surface area contributed by atoms with Crippen LogP contribution in [0.3, 0.4) is 0 Å². The van der Waals surface area contributed by atoms with Gasteiger partial charge in [-0.15, -0.1) is 0 Å². The Morgan fingerprint density at radius 3 is 1.80 bits per heavy atom. The summed E-state index contributed by atoms with van der Waals surface area (Å²) in [7, 11) is 1.49. The van der Waals surface area contributed by atoms with E-state index in [1.807, 2.05) is 94.4 Å². The first-order valence-electron chi connectivity index (χ1n) is 14.1. The molecule has 45 heavy (non-hydrogen) atoms. The van der Waals surface area contributed by atoms with E-state index < -0.39 is 11.9 Å². The second-order valence-electron chi connectivity index (χ2n) is 10.1. The number of hydrogen-bond acceptors (Lipinski definition) is 6. The van der Waals surface area contributed by atoms with Gasteiger partial charge in [-0.2, -0.15) is 0 Å². The van der Waals surface area contributed by atoms with Gasteiger partial charge in [0, 0.05) is 30.5 Å². The Morgan fingerprint density at radius 2 is 1.27 bits per heavy atom. The smallest absolute Gasteiger partial charge is 0.328 e. The first-order valence-corrected chi connectivity index (χ1v) is 14.1. The number of hydrogen-bond donors (Lipinski definition) is 3. The van der Waals surface area contributed by atoms with Gasteiger partial charge in [-0.05, 0) is 98.5 Å². The summed E-state index contributed by atoms with van der Waals surface area (Å²) in [4.78, 5) is 33.2. The van der Waals surface area contributed by atoms with Crippen molar-refractivity contribution in [3.05, 3.63) is 130 Å². The number of carboxylic acids is 1. The van der Waals surface area contributed by atoms with Gasteiger partial charge in [-0.1, -0.05) is 59.7 Å². The minimum absolute atomic E-state index is 0.234. The average Bonchev–Trinajstić information content (AvgIpc) is 3.00. The number of carboxylic acid groups (broad SMARTS) is 1. The Hall–Kier alpha value is -5.63. The number of methoxy groups -OCH3 is 1. The largest absolute Gasteiger partial charge is 0.493 e. The number of ether oxygens (including phenoxy) is 2. The highest BCUT2D eigenvalue weighted by atomic mass is 16.6. The van der Waals surface area contributed by atoms with Crippen LogP contribution in [0.15, 0.2) is 97.1 Å². The summed E-state index contributed by atoms with van der Waals surface area (Å²) in [5.74, 6) is -0.813. The zero-order valence-electron chi connectivity index (χ0n) is 26.5. The summed E-state index contributed by atoms with van der Waals surface area (Å²) in [6.45, 7) is 9.38. The molecule has 0 saturated carbocycles. The molecule has 0 atom stereocenters. The van der Waals surface area contributed by atoms with Crippen LogP contribution >= 0.6 is 0 Å². The minimum atomic E-state index is -0.918. The highest BCUT2D eigenvalue weighted by Crippen LogP contribution is 2.28. The predicted octanol–water partition coefficient (Wildman–Crippen LogP) is 7.56. The van der Waals surface area contributed by atoms with E-state index in [0.29, 0.717) is 11.5 Å². The van der Waals surface area contributed by atoms with Gasteiger partial charge in [0.05, 0.1) is 7.11 Å². The van der Waals surface area contributed by atoms with Crippen LogP contribution in [0.25, 0.3) is 12.2 Å². The Morgan fingerprint density at radius 1 is 0.711 bits per heavy atom. The lowest BCUT2D eigenvalue weighted by Crippen LogP contribution is -2.07. The molecule has 0 radical (unpaired) electrons. The van der Waals surface area contributed by atoms with E-state index in [1.54, 1.807) is 30.4 Å². The molecule has 4 aromatic rings.